The lowest BCUT2D eigenvalue weighted by Crippen LogP contribution is -2.17. The molecule has 0 aliphatic rings. The quantitative estimate of drug-likeness (QED) is 0.714. The minimum Gasteiger partial charge on any atom is -0.446 e. The van der Waals surface area contributed by atoms with Crippen LogP contribution in [0.2, 0.25) is 0 Å². The van der Waals surface area contributed by atoms with Crippen LogP contribution in [-0.2, 0) is 13.1 Å². The molecule has 0 bridgehead atoms. The number of aromatic nitrogens is 1. The van der Waals surface area contributed by atoms with Crippen LogP contribution in [-0.4, -0.2) is 11.0 Å². The van der Waals surface area contributed by atoms with E-state index < -0.39 is 6.67 Å². The number of rotatable bonds is 3. The summed E-state index contributed by atoms with van der Waals surface area (Å²) in [5.41, 5.74) is 6.22. The Morgan fingerprint density at radius 1 is 1.82 bits per heavy atom. The summed E-state index contributed by atoms with van der Waals surface area (Å²) in [5, 5.41) is 0. The molecule has 62 valence electrons. The zero-order valence-electron chi connectivity index (χ0n) is 6.38. The van der Waals surface area contributed by atoms with E-state index in [9.17, 15) is 4.39 Å². The summed E-state index contributed by atoms with van der Waals surface area (Å²) in [4.78, 5) is 3.85. The zero-order valence-corrected chi connectivity index (χ0v) is 6.38. The van der Waals surface area contributed by atoms with Gasteiger partial charge < -0.3 is 10.2 Å². The monoisotopic (exact) mass is 158 g/mol. The van der Waals surface area contributed by atoms with Gasteiger partial charge in [-0.3, -0.25) is 0 Å². The first kappa shape index (κ1) is 8.20. The molecule has 1 unspecified atom stereocenters. The van der Waals surface area contributed by atoms with E-state index in [2.05, 4.69) is 4.98 Å². The van der Waals surface area contributed by atoms with Gasteiger partial charge in [-0.1, -0.05) is 0 Å². The first-order valence-corrected chi connectivity index (χ1v) is 3.47. The highest BCUT2D eigenvalue weighted by Crippen LogP contribution is 2.04. The van der Waals surface area contributed by atoms with Crippen molar-refractivity contribution in [1.29, 1.82) is 0 Å². The molecule has 1 rings (SSSR count). The molecule has 0 radical (unpaired) electrons. The van der Waals surface area contributed by atoms with E-state index in [4.69, 9.17) is 10.2 Å². The van der Waals surface area contributed by atoms with Crippen molar-refractivity contribution in [3.05, 3.63) is 17.8 Å². The summed E-state index contributed by atoms with van der Waals surface area (Å²) >= 11 is 0. The van der Waals surface area contributed by atoms with Gasteiger partial charge in [0.25, 0.3) is 0 Å². The Morgan fingerprint density at radius 2 is 2.55 bits per heavy atom. The third kappa shape index (κ3) is 2.31. The lowest BCUT2D eigenvalue weighted by Gasteiger charge is -1.97. The molecule has 4 heteroatoms. The number of oxazole rings is 1. The van der Waals surface area contributed by atoms with Crippen molar-refractivity contribution >= 4 is 0 Å². The van der Waals surface area contributed by atoms with E-state index in [1.165, 1.54) is 6.26 Å². The second-order valence-electron chi connectivity index (χ2n) is 2.55. The summed E-state index contributed by atoms with van der Waals surface area (Å²) in [6, 6.07) is 0.0348. The van der Waals surface area contributed by atoms with Crippen LogP contribution in [0.25, 0.3) is 0 Å². The van der Waals surface area contributed by atoms with Crippen LogP contribution in [0.1, 0.15) is 18.5 Å². The Morgan fingerprint density at radius 3 is 3.00 bits per heavy atom. The molecular formula is C7H11FN2O. The highest BCUT2D eigenvalue weighted by molar-refractivity contribution is 4.97. The van der Waals surface area contributed by atoms with Gasteiger partial charge in [-0.05, 0) is 6.92 Å². The fourth-order valence-corrected chi connectivity index (χ4v) is 0.834. The van der Waals surface area contributed by atoms with Crippen LogP contribution >= 0.6 is 0 Å². The second-order valence-corrected chi connectivity index (χ2v) is 2.55. The molecule has 3 nitrogen and oxygen atoms in total. The average Bonchev–Trinajstić information content (AvgIpc) is 2.34. The van der Waals surface area contributed by atoms with Crippen LogP contribution in [0, 0.1) is 0 Å². The van der Waals surface area contributed by atoms with Crippen LogP contribution in [0.15, 0.2) is 10.7 Å². The molecule has 1 atom stereocenters. The summed E-state index contributed by atoms with van der Waals surface area (Å²) in [5.74, 6) is 0.126. The lowest BCUT2D eigenvalue weighted by molar-refractivity contribution is 0.380. The van der Waals surface area contributed by atoms with Gasteiger partial charge in [0.1, 0.15) is 6.26 Å². The Bertz CT molecular complexity index is 222. The number of nitrogens with two attached hydrogens (primary N) is 1. The molecule has 0 spiro atoms. The van der Waals surface area contributed by atoms with Crippen LogP contribution in [0.4, 0.5) is 4.39 Å². The third-order valence-corrected chi connectivity index (χ3v) is 1.24. The van der Waals surface area contributed by atoms with E-state index in [-0.39, 0.29) is 11.9 Å². The Hall–Kier alpha value is -0.900. The van der Waals surface area contributed by atoms with E-state index in [0.717, 1.165) is 0 Å². The van der Waals surface area contributed by atoms with Crippen LogP contribution < -0.4 is 5.73 Å². The molecular weight excluding hydrogens is 147 g/mol. The second kappa shape index (κ2) is 3.48. The molecule has 0 aromatic carbocycles. The molecule has 0 fully saturated rings. The number of hydrogen-bond acceptors (Lipinski definition) is 3. The largest absolute Gasteiger partial charge is 0.446 e. The smallest absolute Gasteiger partial charge is 0.225 e. The maximum absolute atomic E-state index is 11.9. The van der Waals surface area contributed by atoms with Crippen molar-refractivity contribution in [2.75, 3.05) is 0 Å². The van der Waals surface area contributed by atoms with Gasteiger partial charge in [-0.15, -0.1) is 0 Å². The fourth-order valence-electron chi connectivity index (χ4n) is 0.834. The standard InChI is InChI=1S/C7H11FN2O/c1-5(9)2-6-4-11-7(3-8)10-6/h4-5H,2-3,9H2,1H3. The van der Waals surface area contributed by atoms with Gasteiger partial charge in [0.2, 0.25) is 5.89 Å². The number of halogens is 1. The van der Waals surface area contributed by atoms with Gasteiger partial charge in [-0.25, -0.2) is 9.37 Å². The minimum absolute atomic E-state index is 0.0348. The maximum atomic E-state index is 11.9. The van der Waals surface area contributed by atoms with E-state index in [0.29, 0.717) is 12.1 Å². The van der Waals surface area contributed by atoms with Gasteiger partial charge in [-0.2, -0.15) is 0 Å². The van der Waals surface area contributed by atoms with E-state index in [1.54, 1.807) is 0 Å². The molecule has 0 aliphatic carbocycles. The molecule has 1 aromatic rings. The number of hydrogen-bond donors (Lipinski definition) is 1. The summed E-state index contributed by atoms with van der Waals surface area (Å²) in [7, 11) is 0. The highest BCUT2D eigenvalue weighted by atomic mass is 19.1. The van der Waals surface area contributed by atoms with E-state index in [1.807, 2.05) is 6.92 Å². The van der Waals surface area contributed by atoms with Gasteiger partial charge in [0, 0.05) is 12.5 Å². The average molecular weight is 158 g/mol. The first-order chi connectivity index (χ1) is 5.22. The SMILES string of the molecule is CC(N)Cc1coc(CF)n1. The summed E-state index contributed by atoms with van der Waals surface area (Å²) in [6.07, 6.45) is 2.07. The molecule has 2 N–H and O–H groups in total. The van der Waals surface area contributed by atoms with Crippen molar-refractivity contribution in [3.8, 4) is 0 Å². The Labute approximate surface area is 64.4 Å². The molecule has 0 amide bonds. The minimum atomic E-state index is -0.654. The first-order valence-electron chi connectivity index (χ1n) is 3.47. The molecule has 0 aliphatic heterocycles. The van der Waals surface area contributed by atoms with Crippen molar-refractivity contribution in [3.63, 3.8) is 0 Å². The fraction of sp³-hybridized carbons (Fsp3) is 0.571. The summed E-state index contributed by atoms with van der Waals surface area (Å²) < 4.78 is 16.7. The van der Waals surface area contributed by atoms with Crippen molar-refractivity contribution < 1.29 is 8.81 Å². The summed E-state index contributed by atoms with van der Waals surface area (Å²) in [6.45, 7) is 1.21. The van der Waals surface area contributed by atoms with Crippen molar-refractivity contribution in [2.24, 2.45) is 5.73 Å². The van der Waals surface area contributed by atoms with Gasteiger partial charge in [0.15, 0.2) is 6.67 Å². The maximum Gasteiger partial charge on any atom is 0.225 e. The predicted octanol–water partition coefficient (Wildman–Crippen LogP) is 1.03. The van der Waals surface area contributed by atoms with Gasteiger partial charge in [0.05, 0.1) is 5.69 Å². The normalized spacial score (nSPS) is 13.4. The predicted molar refractivity (Wildman–Crippen MR) is 38.7 cm³/mol. The van der Waals surface area contributed by atoms with Crippen molar-refractivity contribution in [1.82, 2.24) is 4.98 Å². The van der Waals surface area contributed by atoms with E-state index >= 15 is 0 Å². The Kier molecular flexibility index (Phi) is 2.59. The molecule has 0 saturated heterocycles. The number of nitrogens with zero attached hydrogens (tertiary/aromatic N) is 1. The van der Waals surface area contributed by atoms with Crippen molar-refractivity contribution in [2.45, 2.75) is 26.1 Å². The third-order valence-electron chi connectivity index (χ3n) is 1.24. The van der Waals surface area contributed by atoms with Gasteiger partial charge >= 0.3 is 0 Å². The Balaban J connectivity index is 2.58. The molecule has 0 saturated carbocycles. The van der Waals surface area contributed by atoms with Crippen LogP contribution in [0.3, 0.4) is 0 Å². The van der Waals surface area contributed by atoms with Crippen LogP contribution in [0.5, 0.6) is 0 Å². The zero-order chi connectivity index (χ0) is 8.27. The number of alkyl halides is 1. The molecule has 1 aromatic heterocycles. The highest BCUT2D eigenvalue weighted by Gasteiger charge is 2.04. The topological polar surface area (TPSA) is 52.0 Å². The molecule has 1 heterocycles. The molecule has 11 heavy (non-hydrogen) atoms. The lowest BCUT2D eigenvalue weighted by atomic mass is 10.2.